The summed E-state index contributed by atoms with van der Waals surface area (Å²) in [6.45, 7) is 2.14. The molecule has 1 saturated heterocycles. The second kappa shape index (κ2) is 6.17. The zero-order valence-corrected chi connectivity index (χ0v) is 14.1. The number of carbonyl (C=O) groups excluding carboxylic acids is 1. The summed E-state index contributed by atoms with van der Waals surface area (Å²) in [6.07, 6.45) is 1.09. The molecule has 1 aliphatic rings. The van der Waals surface area contributed by atoms with Crippen molar-refractivity contribution in [3.05, 3.63) is 42.3 Å². The van der Waals surface area contributed by atoms with Crippen LogP contribution in [0, 0.1) is 5.82 Å². The van der Waals surface area contributed by atoms with Crippen molar-refractivity contribution in [2.45, 2.75) is 13.0 Å². The number of aromatic nitrogens is 5. The highest BCUT2D eigenvalue weighted by atomic mass is 19.1. The standard InChI is InChI=1S/C17H15FN6O2/c1-10-9-26-17(25)24(10)12-4-5-13(14(18)7-12)11-3-6-15(19-8-11)16-20-22-23(2)21-16/h3-8,10H,9H2,1-2H3/t10-/m1/s1. The SMILES string of the molecule is C[C@@H]1COC(=O)N1c1ccc(-c2ccc(-c3nnn(C)n3)nc2)c(F)c1. The Hall–Kier alpha value is -3.36. The maximum absolute atomic E-state index is 14.6. The highest BCUT2D eigenvalue weighted by Gasteiger charge is 2.31. The molecule has 8 nitrogen and oxygen atoms in total. The molecule has 0 saturated carbocycles. The Labute approximate surface area is 148 Å². The van der Waals surface area contributed by atoms with Gasteiger partial charge in [-0.15, -0.1) is 10.2 Å². The van der Waals surface area contributed by atoms with Crippen molar-refractivity contribution in [1.29, 1.82) is 0 Å². The third-order valence-corrected chi connectivity index (χ3v) is 4.13. The summed E-state index contributed by atoms with van der Waals surface area (Å²) < 4.78 is 19.6. The number of anilines is 1. The van der Waals surface area contributed by atoms with Gasteiger partial charge in [-0.1, -0.05) is 6.07 Å². The molecule has 26 heavy (non-hydrogen) atoms. The van der Waals surface area contributed by atoms with E-state index in [4.69, 9.17) is 4.74 Å². The van der Waals surface area contributed by atoms with Gasteiger partial charge in [0, 0.05) is 17.3 Å². The number of aryl methyl sites for hydroxylation is 1. The van der Waals surface area contributed by atoms with Crippen LogP contribution in [0.2, 0.25) is 0 Å². The molecule has 0 unspecified atom stereocenters. The average Bonchev–Trinajstić information content (AvgIpc) is 3.21. The largest absolute Gasteiger partial charge is 0.447 e. The molecule has 0 spiro atoms. The quantitative estimate of drug-likeness (QED) is 0.718. The molecule has 1 aromatic carbocycles. The van der Waals surface area contributed by atoms with E-state index >= 15 is 0 Å². The number of amides is 1. The fourth-order valence-electron chi connectivity index (χ4n) is 2.84. The van der Waals surface area contributed by atoms with Gasteiger partial charge < -0.3 is 4.74 Å². The number of tetrazole rings is 1. The molecule has 0 N–H and O–H groups in total. The summed E-state index contributed by atoms with van der Waals surface area (Å²) >= 11 is 0. The lowest BCUT2D eigenvalue weighted by Gasteiger charge is -2.18. The number of ether oxygens (including phenoxy) is 1. The first kappa shape index (κ1) is 16.1. The lowest BCUT2D eigenvalue weighted by molar-refractivity contribution is 0.179. The normalized spacial score (nSPS) is 16.8. The van der Waals surface area contributed by atoms with Gasteiger partial charge >= 0.3 is 6.09 Å². The Balaban J connectivity index is 1.63. The number of benzene rings is 1. The molecule has 9 heteroatoms. The lowest BCUT2D eigenvalue weighted by Crippen LogP contribution is -2.30. The zero-order chi connectivity index (χ0) is 18.3. The molecule has 1 amide bonds. The van der Waals surface area contributed by atoms with E-state index in [1.165, 1.54) is 15.8 Å². The molecular weight excluding hydrogens is 339 g/mol. The van der Waals surface area contributed by atoms with Crippen LogP contribution >= 0.6 is 0 Å². The Kier molecular flexibility index (Phi) is 3.83. The van der Waals surface area contributed by atoms with E-state index in [-0.39, 0.29) is 6.04 Å². The predicted octanol–water partition coefficient (Wildman–Crippen LogP) is 2.42. The van der Waals surface area contributed by atoms with Crippen LogP contribution < -0.4 is 4.90 Å². The van der Waals surface area contributed by atoms with Gasteiger partial charge in [-0.25, -0.2) is 9.18 Å². The average molecular weight is 354 g/mol. The van der Waals surface area contributed by atoms with Crippen LogP contribution in [0.4, 0.5) is 14.9 Å². The van der Waals surface area contributed by atoms with Crippen LogP contribution in [-0.2, 0) is 11.8 Å². The summed E-state index contributed by atoms with van der Waals surface area (Å²) in [4.78, 5) is 18.8. The van der Waals surface area contributed by atoms with Gasteiger partial charge in [0.1, 0.15) is 18.1 Å². The molecule has 1 atom stereocenters. The maximum atomic E-state index is 14.6. The Morgan fingerprint density at radius 1 is 1.27 bits per heavy atom. The van der Waals surface area contributed by atoms with Crippen molar-refractivity contribution in [1.82, 2.24) is 25.2 Å². The highest BCUT2D eigenvalue weighted by Crippen LogP contribution is 2.30. The number of hydrogen-bond acceptors (Lipinski definition) is 6. The molecule has 0 radical (unpaired) electrons. The molecule has 4 rings (SSSR count). The number of pyridine rings is 1. The van der Waals surface area contributed by atoms with E-state index in [2.05, 4.69) is 20.4 Å². The van der Waals surface area contributed by atoms with Crippen molar-refractivity contribution in [3.8, 4) is 22.6 Å². The van der Waals surface area contributed by atoms with Gasteiger partial charge in [-0.3, -0.25) is 9.88 Å². The van der Waals surface area contributed by atoms with Crippen molar-refractivity contribution >= 4 is 11.8 Å². The number of carbonyl (C=O) groups is 1. The van der Waals surface area contributed by atoms with Crippen LogP contribution in [-0.4, -0.2) is 43.9 Å². The third-order valence-electron chi connectivity index (χ3n) is 4.13. The summed E-state index contributed by atoms with van der Waals surface area (Å²) in [7, 11) is 1.67. The van der Waals surface area contributed by atoms with Gasteiger partial charge in [0.05, 0.1) is 18.8 Å². The lowest BCUT2D eigenvalue weighted by atomic mass is 10.1. The molecule has 1 aliphatic heterocycles. The maximum Gasteiger partial charge on any atom is 0.414 e. The van der Waals surface area contributed by atoms with E-state index < -0.39 is 11.9 Å². The number of rotatable bonds is 3. The fourth-order valence-corrected chi connectivity index (χ4v) is 2.84. The van der Waals surface area contributed by atoms with Crippen LogP contribution in [0.15, 0.2) is 36.5 Å². The smallest absolute Gasteiger partial charge is 0.414 e. The minimum atomic E-state index is -0.466. The Morgan fingerprint density at radius 2 is 2.12 bits per heavy atom. The summed E-state index contributed by atoms with van der Waals surface area (Å²) in [6, 6.07) is 7.97. The highest BCUT2D eigenvalue weighted by molar-refractivity contribution is 5.90. The first-order valence-corrected chi connectivity index (χ1v) is 7.99. The van der Waals surface area contributed by atoms with E-state index in [1.54, 1.807) is 37.5 Å². The van der Waals surface area contributed by atoms with Crippen molar-refractivity contribution in [2.24, 2.45) is 7.05 Å². The summed E-state index contributed by atoms with van der Waals surface area (Å²) in [5.74, 6) is -0.0435. The fraction of sp³-hybridized carbons (Fsp3) is 0.235. The number of hydrogen-bond donors (Lipinski definition) is 0. The molecule has 2 aromatic heterocycles. The minimum Gasteiger partial charge on any atom is -0.447 e. The molecule has 1 fully saturated rings. The van der Waals surface area contributed by atoms with Crippen molar-refractivity contribution < 1.29 is 13.9 Å². The Morgan fingerprint density at radius 3 is 2.69 bits per heavy atom. The van der Waals surface area contributed by atoms with Crippen LogP contribution in [0.5, 0.6) is 0 Å². The third kappa shape index (κ3) is 2.77. The van der Waals surface area contributed by atoms with Crippen molar-refractivity contribution in [2.75, 3.05) is 11.5 Å². The predicted molar refractivity (Wildman–Crippen MR) is 90.7 cm³/mol. The Bertz CT molecular complexity index is 972. The van der Waals surface area contributed by atoms with E-state index in [1.807, 2.05) is 6.92 Å². The molecule has 3 heterocycles. The van der Waals surface area contributed by atoms with E-state index in [9.17, 15) is 9.18 Å². The molecule has 0 aliphatic carbocycles. The van der Waals surface area contributed by atoms with Crippen LogP contribution in [0.1, 0.15) is 6.92 Å². The van der Waals surface area contributed by atoms with E-state index in [0.29, 0.717) is 34.9 Å². The van der Waals surface area contributed by atoms with Gasteiger partial charge in [0.25, 0.3) is 0 Å². The topological polar surface area (TPSA) is 86.0 Å². The van der Waals surface area contributed by atoms with E-state index in [0.717, 1.165) is 0 Å². The molecule has 132 valence electrons. The first-order chi connectivity index (χ1) is 12.5. The second-order valence-corrected chi connectivity index (χ2v) is 5.99. The summed E-state index contributed by atoms with van der Waals surface area (Å²) in [5, 5.41) is 11.7. The summed E-state index contributed by atoms with van der Waals surface area (Å²) in [5.41, 5.74) is 2.01. The van der Waals surface area contributed by atoms with Gasteiger partial charge in [-0.05, 0) is 36.4 Å². The van der Waals surface area contributed by atoms with Crippen LogP contribution in [0.3, 0.4) is 0 Å². The first-order valence-electron chi connectivity index (χ1n) is 7.99. The number of halogens is 1. The van der Waals surface area contributed by atoms with Gasteiger partial charge in [-0.2, -0.15) is 4.80 Å². The molecule has 0 bridgehead atoms. The van der Waals surface area contributed by atoms with Gasteiger partial charge in [0.2, 0.25) is 5.82 Å². The second-order valence-electron chi connectivity index (χ2n) is 5.99. The van der Waals surface area contributed by atoms with Crippen molar-refractivity contribution in [3.63, 3.8) is 0 Å². The molecular formula is C17H15FN6O2. The number of nitrogens with zero attached hydrogens (tertiary/aromatic N) is 6. The molecule has 3 aromatic rings. The van der Waals surface area contributed by atoms with Gasteiger partial charge in [0.15, 0.2) is 0 Å². The zero-order valence-electron chi connectivity index (χ0n) is 14.1. The number of cyclic esters (lactones) is 1. The minimum absolute atomic E-state index is 0.131. The van der Waals surface area contributed by atoms with Crippen LogP contribution in [0.25, 0.3) is 22.6 Å². The monoisotopic (exact) mass is 354 g/mol.